The Hall–Kier alpha value is -4.00. The Balaban J connectivity index is 2.05. The van der Waals surface area contributed by atoms with E-state index in [1.54, 1.807) is 30.5 Å². The van der Waals surface area contributed by atoms with Gasteiger partial charge in [0.15, 0.2) is 5.82 Å². The van der Waals surface area contributed by atoms with E-state index in [-0.39, 0.29) is 17.7 Å². The summed E-state index contributed by atoms with van der Waals surface area (Å²) in [5.41, 5.74) is -0.0798. The number of benzene rings is 1. The van der Waals surface area contributed by atoms with Crippen LogP contribution in [0.1, 0.15) is 23.9 Å². The minimum Gasteiger partial charge on any atom is -0.299 e. The molecular weight excluding hydrogens is 374 g/mol. The summed E-state index contributed by atoms with van der Waals surface area (Å²) < 4.78 is 5.28. The molecule has 0 spiro atoms. The summed E-state index contributed by atoms with van der Waals surface area (Å²) in [5.74, 6) is 0.600. The molecule has 0 saturated carbocycles. The number of aryl methyl sites for hydroxylation is 3. The number of fused-ring (bicyclic) bond motifs is 3. The van der Waals surface area contributed by atoms with Gasteiger partial charge in [-0.3, -0.25) is 27.7 Å². The van der Waals surface area contributed by atoms with Gasteiger partial charge in [0.1, 0.15) is 11.6 Å². The van der Waals surface area contributed by atoms with E-state index in [0.29, 0.717) is 29.0 Å². The second-order valence-electron chi connectivity index (χ2n) is 6.75. The van der Waals surface area contributed by atoms with Crippen LogP contribution >= 0.6 is 0 Å². The van der Waals surface area contributed by atoms with Crippen LogP contribution in [0.2, 0.25) is 0 Å². The molecular formula is C19H17N7O3. The topological polar surface area (TPSA) is 120 Å². The fourth-order valence-corrected chi connectivity index (χ4v) is 3.40. The smallest absolute Gasteiger partial charge is 0.299 e. The van der Waals surface area contributed by atoms with Crippen LogP contribution in [0.15, 0.2) is 38.8 Å². The minimum atomic E-state index is -0.691. The van der Waals surface area contributed by atoms with Crippen LogP contribution in [0.3, 0.4) is 0 Å². The SMILES string of the molecule is CCn1cc(C#N)c(=O)n(Cc2nnc3n(C)c(=O)c4cc(C)ccc4n23)c1=O. The molecule has 0 radical (unpaired) electrons. The number of rotatable bonds is 3. The third-order valence-electron chi connectivity index (χ3n) is 4.94. The van der Waals surface area contributed by atoms with Crippen molar-refractivity contribution in [1.82, 2.24) is 28.3 Å². The summed E-state index contributed by atoms with van der Waals surface area (Å²) in [6, 6.07) is 7.24. The predicted octanol–water partition coefficient (Wildman–Crippen LogP) is 0.153. The fraction of sp³-hybridized carbons (Fsp3) is 0.263. The summed E-state index contributed by atoms with van der Waals surface area (Å²) in [6.07, 6.45) is 1.25. The van der Waals surface area contributed by atoms with Gasteiger partial charge >= 0.3 is 5.69 Å². The molecule has 0 saturated heterocycles. The first-order valence-electron chi connectivity index (χ1n) is 8.95. The lowest BCUT2D eigenvalue weighted by Crippen LogP contribution is -2.41. The molecule has 146 valence electrons. The maximum Gasteiger partial charge on any atom is 0.331 e. The van der Waals surface area contributed by atoms with Gasteiger partial charge in [-0.05, 0) is 26.0 Å². The van der Waals surface area contributed by atoms with E-state index in [1.165, 1.54) is 15.3 Å². The third kappa shape index (κ3) is 2.67. The highest BCUT2D eigenvalue weighted by Gasteiger charge is 2.18. The van der Waals surface area contributed by atoms with Crippen LogP contribution in [0.5, 0.6) is 0 Å². The van der Waals surface area contributed by atoms with Crippen molar-refractivity contribution in [2.24, 2.45) is 7.05 Å². The Morgan fingerprint density at radius 3 is 2.59 bits per heavy atom. The van der Waals surface area contributed by atoms with Crippen LogP contribution in [-0.2, 0) is 20.1 Å². The van der Waals surface area contributed by atoms with E-state index >= 15 is 0 Å². The number of hydrogen-bond acceptors (Lipinski definition) is 6. The molecule has 0 aliphatic carbocycles. The van der Waals surface area contributed by atoms with Crippen LogP contribution < -0.4 is 16.8 Å². The quantitative estimate of drug-likeness (QED) is 0.490. The predicted molar refractivity (Wildman–Crippen MR) is 105 cm³/mol. The Morgan fingerprint density at radius 2 is 1.90 bits per heavy atom. The van der Waals surface area contributed by atoms with Crippen molar-refractivity contribution < 1.29 is 0 Å². The molecule has 0 N–H and O–H groups in total. The molecule has 0 amide bonds. The van der Waals surface area contributed by atoms with Gasteiger partial charge in [0.05, 0.1) is 17.4 Å². The van der Waals surface area contributed by atoms with Crippen LogP contribution in [0, 0.1) is 18.3 Å². The number of nitrogens with zero attached hydrogens (tertiary/aromatic N) is 7. The van der Waals surface area contributed by atoms with E-state index < -0.39 is 11.2 Å². The summed E-state index contributed by atoms with van der Waals surface area (Å²) in [7, 11) is 1.59. The molecule has 10 nitrogen and oxygen atoms in total. The minimum absolute atomic E-state index is 0.131. The molecule has 0 atom stereocenters. The lowest BCUT2D eigenvalue weighted by molar-refractivity contribution is 0.583. The first-order chi connectivity index (χ1) is 13.9. The van der Waals surface area contributed by atoms with Crippen molar-refractivity contribution in [3.8, 4) is 6.07 Å². The Bertz CT molecular complexity index is 1510. The molecule has 0 fully saturated rings. The van der Waals surface area contributed by atoms with Crippen molar-refractivity contribution in [3.63, 3.8) is 0 Å². The third-order valence-corrected chi connectivity index (χ3v) is 4.94. The molecule has 1 aromatic carbocycles. The second-order valence-corrected chi connectivity index (χ2v) is 6.75. The van der Waals surface area contributed by atoms with Gasteiger partial charge in [0.25, 0.3) is 11.1 Å². The number of nitriles is 1. The summed E-state index contributed by atoms with van der Waals surface area (Å²) in [6.45, 7) is 3.76. The molecule has 0 unspecified atom stereocenters. The van der Waals surface area contributed by atoms with Crippen molar-refractivity contribution in [1.29, 1.82) is 5.26 Å². The van der Waals surface area contributed by atoms with Crippen LogP contribution in [0.4, 0.5) is 0 Å². The normalized spacial score (nSPS) is 11.2. The first-order valence-corrected chi connectivity index (χ1v) is 8.95. The van der Waals surface area contributed by atoms with E-state index in [9.17, 15) is 19.6 Å². The highest BCUT2D eigenvalue weighted by molar-refractivity contribution is 5.81. The largest absolute Gasteiger partial charge is 0.331 e. The number of aromatic nitrogens is 6. The van der Waals surface area contributed by atoms with Crippen LogP contribution in [0.25, 0.3) is 16.7 Å². The van der Waals surface area contributed by atoms with Gasteiger partial charge in [-0.2, -0.15) is 5.26 Å². The zero-order valence-electron chi connectivity index (χ0n) is 16.1. The molecule has 0 bridgehead atoms. The van der Waals surface area contributed by atoms with Crippen molar-refractivity contribution >= 4 is 16.7 Å². The molecule has 4 aromatic rings. The Labute approximate surface area is 163 Å². The van der Waals surface area contributed by atoms with Crippen molar-refractivity contribution in [2.45, 2.75) is 26.9 Å². The van der Waals surface area contributed by atoms with Crippen molar-refractivity contribution in [3.05, 3.63) is 72.5 Å². The average Bonchev–Trinajstić information content (AvgIpc) is 3.13. The first kappa shape index (κ1) is 18.4. The van der Waals surface area contributed by atoms with Gasteiger partial charge in [0.2, 0.25) is 5.78 Å². The molecule has 4 rings (SSSR count). The standard InChI is InChI=1S/C19H17N7O3/c1-4-24-9-12(8-20)16(27)25(19(24)29)10-15-21-22-18-23(3)17(28)13-7-11(2)5-6-14(13)26(15)18/h5-7,9H,4,10H2,1-3H3. The van der Waals surface area contributed by atoms with Gasteiger partial charge in [-0.15, -0.1) is 10.2 Å². The van der Waals surface area contributed by atoms with Crippen molar-refractivity contribution in [2.75, 3.05) is 0 Å². The highest BCUT2D eigenvalue weighted by atomic mass is 16.2. The highest BCUT2D eigenvalue weighted by Crippen LogP contribution is 2.16. The molecule has 0 aliphatic heterocycles. The second kappa shape index (κ2) is 6.56. The van der Waals surface area contributed by atoms with E-state index in [4.69, 9.17) is 0 Å². The molecule has 0 aliphatic rings. The molecule has 3 aromatic heterocycles. The molecule has 3 heterocycles. The fourth-order valence-electron chi connectivity index (χ4n) is 3.40. The Kier molecular flexibility index (Phi) is 4.15. The summed E-state index contributed by atoms with van der Waals surface area (Å²) in [4.78, 5) is 38.0. The van der Waals surface area contributed by atoms with Gasteiger partial charge < -0.3 is 0 Å². The number of hydrogen-bond donors (Lipinski definition) is 0. The van der Waals surface area contributed by atoms with E-state index in [0.717, 1.165) is 10.1 Å². The average molecular weight is 391 g/mol. The Morgan fingerprint density at radius 1 is 1.14 bits per heavy atom. The van der Waals surface area contributed by atoms with Gasteiger partial charge in [0, 0.05) is 19.8 Å². The van der Waals surface area contributed by atoms with Crippen LogP contribution in [-0.4, -0.2) is 28.3 Å². The van der Waals surface area contributed by atoms with E-state index in [1.807, 2.05) is 19.1 Å². The van der Waals surface area contributed by atoms with Gasteiger partial charge in [-0.25, -0.2) is 4.79 Å². The monoisotopic (exact) mass is 391 g/mol. The molecule has 10 heteroatoms. The molecule has 29 heavy (non-hydrogen) atoms. The maximum atomic E-state index is 12.7. The lowest BCUT2D eigenvalue weighted by atomic mass is 10.1. The lowest BCUT2D eigenvalue weighted by Gasteiger charge is -2.11. The zero-order valence-corrected chi connectivity index (χ0v) is 16.1. The van der Waals surface area contributed by atoms with E-state index in [2.05, 4.69) is 10.2 Å². The summed E-state index contributed by atoms with van der Waals surface area (Å²) in [5, 5.41) is 17.9. The maximum absolute atomic E-state index is 12.7. The zero-order chi connectivity index (χ0) is 20.9. The van der Waals surface area contributed by atoms with Gasteiger partial charge in [-0.1, -0.05) is 11.6 Å². The summed E-state index contributed by atoms with van der Waals surface area (Å²) >= 11 is 0.